The van der Waals surface area contributed by atoms with E-state index in [-0.39, 0.29) is 30.7 Å². The van der Waals surface area contributed by atoms with Crippen LogP contribution in [0.2, 0.25) is 0 Å². The number of hydrogen-bond acceptors (Lipinski definition) is 3. The second kappa shape index (κ2) is 10.2. The van der Waals surface area contributed by atoms with E-state index >= 15 is 0 Å². The van der Waals surface area contributed by atoms with Crippen LogP contribution in [0.1, 0.15) is 0 Å². The van der Waals surface area contributed by atoms with Crippen molar-refractivity contribution < 1.29 is 23.6 Å². The number of carbonyl (C=O) groups is 2. The van der Waals surface area contributed by atoms with E-state index in [1.807, 2.05) is 36.4 Å². The summed E-state index contributed by atoms with van der Waals surface area (Å²) in [5, 5.41) is 5.51. The molecule has 3 rings (SSSR count). The minimum atomic E-state index is -0.371. The highest BCUT2D eigenvalue weighted by atomic mass is 19.1. The van der Waals surface area contributed by atoms with Gasteiger partial charge in [0.1, 0.15) is 11.6 Å². The first-order valence-corrected chi connectivity index (χ1v) is 9.48. The Labute approximate surface area is 174 Å². The Morgan fingerprint density at radius 2 is 1.43 bits per heavy atom. The van der Waals surface area contributed by atoms with Gasteiger partial charge in [-0.15, -0.1) is 0 Å². The van der Waals surface area contributed by atoms with Crippen LogP contribution in [0.5, 0.6) is 11.5 Å². The van der Waals surface area contributed by atoms with Crippen molar-refractivity contribution in [3.05, 3.63) is 84.7 Å². The van der Waals surface area contributed by atoms with Crippen molar-refractivity contribution >= 4 is 23.2 Å². The van der Waals surface area contributed by atoms with E-state index in [0.717, 1.165) is 0 Å². The molecule has 1 unspecified atom stereocenters. The third-order valence-electron chi connectivity index (χ3n) is 4.18. The molecule has 0 aliphatic rings. The molecule has 0 aliphatic heterocycles. The zero-order valence-electron chi connectivity index (χ0n) is 16.5. The fourth-order valence-corrected chi connectivity index (χ4v) is 2.82. The molecule has 0 radical (unpaired) electrons. The second-order valence-corrected chi connectivity index (χ2v) is 6.83. The number of rotatable bonds is 8. The maximum atomic E-state index is 12.9. The van der Waals surface area contributed by atoms with Crippen molar-refractivity contribution in [3.63, 3.8) is 0 Å². The Bertz CT molecular complexity index is 994. The number of likely N-dealkylation sites (N-methyl/N-ethyl adjacent to an activating group) is 1. The first-order valence-electron chi connectivity index (χ1n) is 9.48. The average molecular weight is 408 g/mol. The number of para-hydroxylation sites is 3. The number of quaternary nitrogens is 1. The van der Waals surface area contributed by atoms with Gasteiger partial charge in [-0.1, -0.05) is 30.3 Å². The number of nitrogens with one attached hydrogen (secondary N) is 3. The molecular weight excluding hydrogens is 385 g/mol. The lowest BCUT2D eigenvalue weighted by Gasteiger charge is -2.15. The van der Waals surface area contributed by atoms with E-state index in [4.69, 9.17) is 4.74 Å². The molecular formula is C23H23FN3O3+. The Morgan fingerprint density at radius 1 is 0.833 bits per heavy atom. The average Bonchev–Trinajstić information content (AvgIpc) is 2.71. The van der Waals surface area contributed by atoms with Crippen LogP contribution in [0.15, 0.2) is 78.9 Å². The van der Waals surface area contributed by atoms with Gasteiger partial charge in [-0.3, -0.25) is 9.59 Å². The van der Waals surface area contributed by atoms with Crippen molar-refractivity contribution in [3.8, 4) is 11.5 Å². The van der Waals surface area contributed by atoms with Crippen LogP contribution in [0, 0.1) is 5.82 Å². The standard InChI is InChI=1S/C23H22FN3O3/c1-27(15-22(28)25-18-13-11-17(24)12-14-18)16-23(29)26-20-9-5-6-10-21(20)30-19-7-3-2-4-8-19/h2-14H,15-16H2,1H3,(H,25,28)(H,26,29)/p+1. The van der Waals surface area contributed by atoms with E-state index in [2.05, 4.69) is 10.6 Å². The topological polar surface area (TPSA) is 71.9 Å². The highest BCUT2D eigenvalue weighted by Crippen LogP contribution is 2.28. The monoisotopic (exact) mass is 408 g/mol. The summed E-state index contributed by atoms with van der Waals surface area (Å²) < 4.78 is 18.8. The quantitative estimate of drug-likeness (QED) is 0.537. The highest BCUT2D eigenvalue weighted by Gasteiger charge is 2.16. The van der Waals surface area contributed by atoms with Gasteiger partial charge in [0.15, 0.2) is 18.8 Å². The highest BCUT2D eigenvalue weighted by molar-refractivity contribution is 5.94. The smallest absolute Gasteiger partial charge is 0.279 e. The maximum Gasteiger partial charge on any atom is 0.279 e. The van der Waals surface area contributed by atoms with E-state index in [1.54, 1.807) is 25.2 Å². The number of benzene rings is 3. The molecule has 0 aliphatic carbocycles. The Hall–Kier alpha value is -3.71. The number of hydrogen-bond donors (Lipinski definition) is 3. The van der Waals surface area contributed by atoms with Crippen LogP contribution < -0.4 is 20.3 Å². The van der Waals surface area contributed by atoms with Crippen LogP contribution >= 0.6 is 0 Å². The SMILES string of the molecule is C[NH+](CC(=O)Nc1ccc(F)cc1)CC(=O)Nc1ccccc1Oc1ccccc1. The molecule has 2 amide bonds. The molecule has 3 N–H and O–H groups in total. The molecule has 1 atom stereocenters. The van der Waals surface area contributed by atoms with Gasteiger partial charge < -0.3 is 20.3 Å². The molecule has 6 nitrogen and oxygen atoms in total. The van der Waals surface area contributed by atoms with Gasteiger partial charge in [0.05, 0.1) is 12.7 Å². The molecule has 7 heteroatoms. The van der Waals surface area contributed by atoms with E-state index in [1.165, 1.54) is 24.3 Å². The van der Waals surface area contributed by atoms with Crippen molar-refractivity contribution in [2.45, 2.75) is 0 Å². The largest absolute Gasteiger partial charge is 0.455 e. The van der Waals surface area contributed by atoms with Crippen molar-refractivity contribution in [2.24, 2.45) is 0 Å². The van der Waals surface area contributed by atoms with Gasteiger partial charge in [-0.25, -0.2) is 4.39 Å². The molecule has 0 fully saturated rings. The van der Waals surface area contributed by atoms with E-state index in [0.29, 0.717) is 27.8 Å². The second-order valence-electron chi connectivity index (χ2n) is 6.83. The van der Waals surface area contributed by atoms with Crippen LogP contribution in [0.25, 0.3) is 0 Å². The van der Waals surface area contributed by atoms with Gasteiger partial charge in [-0.2, -0.15) is 0 Å². The molecule has 0 saturated carbocycles. The summed E-state index contributed by atoms with van der Waals surface area (Å²) in [6.07, 6.45) is 0. The van der Waals surface area contributed by atoms with Crippen LogP contribution in [-0.2, 0) is 9.59 Å². The summed E-state index contributed by atoms with van der Waals surface area (Å²) >= 11 is 0. The summed E-state index contributed by atoms with van der Waals surface area (Å²) in [6.45, 7) is 0.184. The van der Waals surface area contributed by atoms with Gasteiger partial charge in [0, 0.05) is 5.69 Å². The lowest BCUT2D eigenvalue weighted by atomic mass is 10.2. The predicted octanol–water partition coefficient (Wildman–Crippen LogP) is 2.71. The predicted molar refractivity (Wildman–Crippen MR) is 113 cm³/mol. The molecule has 3 aromatic carbocycles. The fourth-order valence-electron chi connectivity index (χ4n) is 2.82. The molecule has 0 aromatic heterocycles. The number of ether oxygens (including phenoxy) is 1. The van der Waals surface area contributed by atoms with E-state index in [9.17, 15) is 14.0 Å². The summed E-state index contributed by atoms with van der Waals surface area (Å²) in [5.41, 5.74) is 1.06. The van der Waals surface area contributed by atoms with Crippen molar-refractivity contribution in [2.75, 3.05) is 30.8 Å². The zero-order valence-corrected chi connectivity index (χ0v) is 16.5. The third-order valence-corrected chi connectivity index (χ3v) is 4.18. The first kappa shape index (κ1) is 21.0. The van der Waals surface area contributed by atoms with Gasteiger partial charge >= 0.3 is 0 Å². The number of carbonyl (C=O) groups excluding carboxylic acids is 2. The summed E-state index contributed by atoms with van der Waals surface area (Å²) in [7, 11) is 1.75. The number of anilines is 2. The Kier molecular flexibility index (Phi) is 7.13. The Balaban J connectivity index is 1.52. The minimum Gasteiger partial charge on any atom is -0.455 e. The summed E-state index contributed by atoms with van der Waals surface area (Å²) in [6, 6.07) is 22.0. The van der Waals surface area contributed by atoms with Gasteiger partial charge in [-0.05, 0) is 48.5 Å². The number of amides is 2. The minimum absolute atomic E-state index is 0.0902. The lowest BCUT2D eigenvalue weighted by molar-refractivity contribution is -0.862. The fraction of sp³-hybridized carbons (Fsp3) is 0.130. The summed E-state index contributed by atoms with van der Waals surface area (Å²) in [4.78, 5) is 25.3. The molecule has 30 heavy (non-hydrogen) atoms. The normalized spacial score (nSPS) is 11.4. The molecule has 0 saturated heterocycles. The summed E-state index contributed by atoms with van der Waals surface area (Å²) in [5.74, 6) is 0.318. The molecule has 0 spiro atoms. The van der Waals surface area contributed by atoms with Crippen LogP contribution in [-0.4, -0.2) is 32.0 Å². The molecule has 0 bridgehead atoms. The van der Waals surface area contributed by atoms with Crippen LogP contribution in [0.3, 0.4) is 0 Å². The molecule has 0 heterocycles. The lowest BCUT2D eigenvalue weighted by Crippen LogP contribution is -3.11. The molecule has 154 valence electrons. The van der Waals surface area contributed by atoms with Crippen molar-refractivity contribution in [1.29, 1.82) is 0 Å². The van der Waals surface area contributed by atoms with Crippen LogP contribution in [0.4, 0.5) is 15.8 Å². The zero-order chi connectivity index (χ0) is 21.3. The Morgan fingerprint density at radius 3 is 2.13 bits per heavy atom. The molecule has 3 aromatic rings. The van der Waals surface area contributed by atoms with E-state index < -0.39 is 0 Å². The van der Waals surface area contributed by atoms with Gasteiger partial charge in [0.25, 0.3) is 11.8 Å². The van der Waals surface area contributed by atoms with Gasteiger partial charge in [0.2, 0.25) is 0 Å². The van der Waals surface area contributed by atoms with Crippen molar-refractivity contribution in [1.82, 2.24) is 0 Å². The first-order chi connectivity index (χ1) is 14.5. The maximum absolute atomic E-state index is 12.9. The number of halogens is 1. The third kappa shape index (κ3) is 6.42.